The highest BCUT2D eigenvalue weighted by atomic mass is 16.4. The Morgan fingerprint density at radius 1 is 1.73 bits per heavy atom. The summed E-state index contributed by atoms with van der Waals surface area (Å²) in [5, 5.41) is 13.1. The molecule has 15 heavy (non-hydrogen) atoms. The smallest absolute Gasteiger partial charge is 0.356 e. The van der Waals surface area contributed by atoms with Crippen molar-refractivity contribution in [3.8, 4) is 0 Å². The van der Waals surface area contributed by atoms with E-state index in [-0.39, 0.29) is 11.6 Å². The van der Waals surface area contributed by atoms with E-state index < -0.39 is 5.97 Å². The Labute approximate surface area is 87.9 Å². The van der Waals surface area contributed by atoms with Gasteiger partial charge in [-0.05, 0) is 25.8 Å². The second-order valence-electron chi connectivity index (χ2n) is 3.96. The molecule has 5 heteroatoms. The molecule has 0 fully saturated rings. The van der Waals surface area contributed by atoms with Crippen LogP contribution < -0.4 is 5.73 Å². The normalized spacial score (nSPS) is 20.0. The molecule has 2 rings (SSSR count). The molecule has 3 N–H and O–H groups in total. The van der Waals surface area contributed by atoms with Gasteiger partial charge in [0, 0.05) is 24.2 Å². The van der Waals surface area contributed by atoms with Gasteiger partial charge in [-0.15, -0.1) is 0 Å². The number of carbonyl (C=O) groups is 1. The van der Waals surface area contributed by atoms with Gasteiger partial charge in [0.1, 0.15) is 0 Å². The van der Waals surface area contributed by atoms with E-state index in [1.807, 2.05) is 0 Å². The van der Waals surface area contributed by atoms with E-state index in [4.69, 9.17) is 10.8 Å². The summed E-state index contributed by atoms with van der Waals surface area (Å²) in [6.45, 7) is 0.499. The molecule has 0 saturated carbocycles. The van der Waals surface area contributed by atoms with Gasteiger partial charge in [-0.25, -0.2) is 4.79 Å². The van der Waals surface area contributed by atoms with E-state index in [9.17, 15) is 4.79 Å². The first-order valence-corrected chi connectivity index (χ1v) is 5.14. The number of nitrogens with zero attached hydrogens (tertiary/aromatic N) is 2. The van der Waals surface area contributed by atoms with E-state index in [1.54, 1.807) is 11.7 Å². The van der Waals surface area contributed by atoms with E-state index >= 15 is 0 Å². The Balaban J connectivity index is 2.55. The average molecular weight is 209 g/mol. The fourth-order valence-electron chi connectivity index (χ4n) is 2.35. The lowest BCUT2D eigenvalue weighted by Gasteiger charge is -2.21. The Morgan fingerprint density at radius 2 is 2.47 bits per heavy atom. The second kappa shape index (κ2) is 3.66. The first kappa shape index (κ1) is 10.2. The summed E-state index contributed by atoms with van der Waals surface area (Å²) in [6, 6.07) is 0. The van der Waals surface area contributed by atoms with Gasteiger partial charge in [0.2, 0.25) is 0 Å². The molecule has 0 amide bonds. The molecule has 0 radical (unpaired) electrons. The highest BCUT2D eigenvalue weighted by Crippen LogP contribution is 2.33. The van der Waals surface area contributed by atoms with Crippen molar-refractivity contribution in [3.05, 3.63) is 17.0 Å². The zero-order valence-electron chi connectivity index (χ0n) is 8.73. The highest BCUT2D eigenvalue weighted by Gasteiger charge is 2.29. The van der Waals surface area contributed by atoms with Crippen LogP contribution in [0.5, 0.6) is 0 Å². The highest BCUT2D eigenvalue weighted by molar-refractivity contribution is 5.87. The molecule has 0 aliphatic heterocycles. The molecular formula is C10H15N3O2. The minimum atomic E-state index is -0.952. The number of aromatic nitrogens is 2. The summed E-state index contributed by atoms with van der Waals surface area (Å²) in [6.07, 6.45) is 2.94. The predicted molar refractivity (Wildman–Crippen MR) is 54.9 cm³/mol. The lowest BCUT2D eigenvalue weighted by molar-refractivity contribution is 0.0688. The van der Waals surface area contributed by atoms with Gasteiger partial charge in [-0.1, -0.05) is 0 Å². The van der Waals surface area contributed by atoms with Crippen LogP contribution >= 0.6 is 0 Å². The van der Waals surface area contributed by atoms with Crippen molar-refractivity contribution in [1.29, 1.82) is 0 Å². The van der Waals surface area contributed by atoms with Gasteiger partial charge in [0.15, 0.2) is 5.69 Å². The number of nitrogens with two attached hydrogens (primary N) is 1. The van der Waals surface area contributed by atoms with E-state index in [1.165, 1.54) is 0 Å². The maximum atomic E-state index is 11.0. The zero-order chi connectivity index (χ0) is 11.0. The summed E-state index contributed by atoms with van der Waals surface area (Å²) in [5.41, 5.74) is 7.75. The maximum Gasteiger partial charge on any atom is 0.356 e. The molecule has 1 atom stereocenters. The Morgan fingerprint density at radius 3 is 3.07 bits per heavy atom. The molecular weight excluding hydrogens is 194 g/mol. The van der Waals surface area contributed by atoms with Crippen molar-refractivity contribution in [2.24, 2.45) is 12.8 Å². The number of carboxylic acids is 1. The first-order valence-electron chi connectivity index (χ1n) is 5.14. The summed E-state index contributed by atoms with van der Waals surface area (Å²) in [7, 11) is 1.80. The monoisotopic (exact) mass is 209 g/mol. The topological polar surface area (TPSA) is 81.1 Å². The van der Waals surface area contributed by atoms with Crippen LogP contribution in [0.3, 0.4) is 0 Å². The number of fused-ring (bicyclic) bond motifs is 1. The minimum absolute atomic E-state index is 0.161. The van der Waals surface area contributed by atoms with Gasteiger partial charge >= 0.3 is 5.97 Å². The SMILES string of the molecule is Cn1nc(C(=O)O)c2c1CCCC2CN. The summed E-state index contributed by atoms with van der Waals surface area (Å²) in [5.74, 6) is -0.791. The van der Waals surface area contributed by atoms with Crippen LogP contribution in [0.2, 0.25) is 0 Å². The molecule has 0 bridgehead atoms. The summed E-state index contributed by atoms with van der Waals surface area (Å²) >= 11 is 0. The van der Waals surface area contributed by atoms with Gasteiger partial charge in [-0.2, -0.15) is 5.10 Å². The number of hydrogen-bond donors (Lipinski definition) is 2. The second-order valence-corrected chi connectivity index (χ2v) is 3.96. The molecule has 1 aliphatic rings. The number of carboxylic acid groups (broad SMARTS) is 1. The molecule has 1 unspecified atom stereocenters. The van der Waals surface area contributed by atoms with Crippen LogP contribution in [0.15, 0.2) is 0 Å². The molecule has 1 aromatic rings. The Kier molecular flexibility index (Phi) is 2.48. The quantitative estimate of drug-likeness (QED) is 0.743. The fraction of sp³-hybridized carbons (Fsp3) is 0.600. The number of hydrogen-bond acceptors (Lipinski definition) is 3. The van der Waals surface area contributed by atoms with Gasteiger partial charge in [0.05, 0.1) is 0 Å². The van der Waals surface area contributed by atoms with Crippen molar-refractivity contribution < 1.29 is 9.90 Å². The van der Waals surface area contributed by atoms with Gasteiger partial charge < -0.3 is 10.8 Å². The summed E-state index contributed by atoms with van der Waals surface area (Å²) in [4.78, 5) is 11.0. The van der Waals surface area contributed by atoms with Crippen molar-refractivity contribution >= 4 is 5.97 Å². The van der Waals surface area contributed by atoms with Crippen molar-refractivity contribution in [3.63, 3.8) is 0 Å². The van der Waals surface area contributed by atoms with Crippen molar-refractivity contribution in [2.45, 2.75) is 25.2 Å². The predicted octanol–water partition coefficient (Wildman–Crippen LogP) is 0.497. The molecule has 0 spiro atoms. The third kappa shape index (κ3) is 1.52. The Bertz CT molecular complexity index is 398. The standard InChI is InChI=1S/C10H15N3O2/c1-13-7-4-2-3-6(5-11)8(7)9(12-13)10(14)15/h6H,2-5,11H2,1H3,(H,14,15). The minimum Gasteiger partial charge on any atom is -0.476 e. The molecule has 0 saturated heterocycles. The molecule has 0 aromatic carbocycles. The largest absolute Gasteiger partial charge is 0.476 e. The molecule has 1 aromatic heterocycles. The van der Waals surface area contributed by atoms with Crippen LogP contribution in [0.1, 0.15) is 40.5 Å². The van der Waals surface area contributed by atoms with Crippen LogP contribution in [0.4, 0.5) is 0 Å². The van der Waals surface area contributed by atoms with Crippen LogP contribution in [-0.2, 0) is 13.5 Å². The van der Waals surface area contributed by atoms with Gasteiger partial charge in [-0.3, -0.25) is 4.68 Å². The lowest BCUT2D eigenvalue weighted by atomic mass is 9.85. The number of aryl methyl sites for hydroxylation is 1. The van der Waals surface area contributed by atoms with Crippen LogP contribution in [0.25, 0.3) is 0 Å². The number of rotatable bonds is 2. The van der Waals surface area contributed by atoms with Crippen molar-refractivity contribution in [1.82, 2.24) is 9.78 Å². The summed E-state index contributed by atoms with van der Waals surface area (Å²) < 4.78 is 1.68. The molecule has 5 nitrogen and oxygen atoms in total. The molecule has 82 valence electrons. The lowest BCUT2D eigenvalue weighted by Crippen LogP contribution is -2.20. The zero-order valence-corrected chi connectivity index (χ0v) is 8.73. The first-order chi connectivity index (χ1) is 7.15. The van der Waals surface area contributed by atoms with Crippen LogP contribution in [0, 0.1) is 0 Å². The molecule has 1 aliphatic carbocycles. The third-order valence-electron chi connectivity index (χ3n) is 3.07. The van der Waals surface area contributed by atoms with E-state index in [0.29, 0.717) is 6.54 Å². The van der Waals surface area contributed by atoms with E-state index in [2.05, 4.69) is 5.10 Å². The number of aromatic carboxylic acids is 1. The molecule has 1 heterocycles. The Hall–Kier alpha value is -1.36. The van der Waals surface area contributed by atoms with Crippen molar-refractivity contribution in [2.75, 3.05) is 6.54 Å². The third-order valence-corrected chi connectivity index (χ3v) is 3.07. The van der Waals surface area contributed by atoms with Crippen LogP contribution in [-0.4, -0.2) is 27.4 Å². The fourth-order valence-corrected chi connectivity index (χ4v) is 2.35. The maximum absolute atomic E-state index is 11.0. The van der Waals surface area contributed by atoms with Gasteiger partial charge in [0.25, 0.3) is 0 Å². The average Bonchev–Trinajstić information content (AvgIpc) is 2.56. The van der Waals surface area contributed by atoms with E-state index in [0.717, 1.165) is 30.5 Å².